The first-order valence-corrected chi connectivity index (χ1v) is 5.46. The van der Waals surface area contributed by atoms with Gasteiger partial charge in [0.15, 0.2) is 0 Å². The molecular formula is C12H20N4O. The van der Waals surface area contributed by atoms with Crippen molar-refractivity contribution in [2.24, 2.45) is 10.1 Å². The maximum atomic E-state index is 7.03. The van der Waals surface area contributed by atoms with Crippen molar-refractivity contribution in [2.45, 2.75) is 27.7 Å². The van der Waals surface area contributed by atoms with Crippen molar-refractivity contribution in [1.82, 2.24) is 5.32 Å². The van der Waals surface area contributed by atoms with Crippen LogP contribution in [0, 0.1) is 5.41 Å². The molecule has 2 N–H and O–H groups in total. The minimum absolute atomic E-state index is 0.618. The van der Waals surface area contributed by atoms with Gasteiger partial charge in [0.2, 0.25) is 0 Å². The number of aliphatic imine (C=N–C) groups is 1. The normalized spacial score (nSPS) is 14.0. The summed E-state index contributed by atoms with van der Waals surface area (Å²) < 4.78 is 0. The maximum absolute atomic E-state index is 7.03. The fourth-order valence-electron chi connectivity index (χ4n) is 1.01. The van der Waals surface area contributed by atoms with Crippen molar-refractivity contribution >= 4 is 18.3 Å². The van der Waals surface area contributed by atoms with E-state index in [0.29, 0.717) is 11.5 Å². The zero-order chi connectivity index (χ0) is 13.1. The summed E-state index contributed by atoms with van der Waals surface area (Å²) in [7, 11) is 0. The first-order chi connectivity index (χ1) is 8.15. The molecule has 0 aromatic heterocycles. The van der Waals surface area contributed by atoms with Gasteiger partial charge in [-0.05, 0) is 33.3 Å². The number of rotatable bonds is 7. The van der Waals surface area contributed by atoms with E-state index in [1.165, 1.54) is 0 Å². The van der Waals surface area contributed by atoms with Gasteiger partial charge in [-0.1, -0.05) is 5.16 Å². The van der Waals surface area contributed by atoms with E-state index in [1.54, 1.807) is 26.1 Å². The molecule has 0 saturated carbocycles. The predicted octanol–water partition coefficient (Wildman–Crippen LogP) is 2.47. The van der Waals surface area contributed by atoms with Crippen LogP contribution in [0.15, 0.2) is 33.8 Å². The summed E-state index contributed by atoms with van der Waals surface area (Å²) in [6.07, 6.45) is 6.16. The second kappa shape index (κ2) is 9.33. The van der Waals surface area contributed by atoms with Crippen LogP contribution in [0.3, 0.4) is 0 Å². The Hall–Kier alpha value is -1.91. The Morgan fingerprint density at radius 3 is 2.65 bits per heavy atom. The number of nitrogens with one attached hydrogen (secondary N) is 2. The lowest BCUT2D eigenvalue weighted by Crippen LogP contribution is -2.07. The maximum Gasteiger partial charge on any atom is 0.134 e. The standard InChI is InChI=1S/C12H20N4O/c1-5-14-8-10(3)12(15-9-13)7-11(4)17-16-6-2/h6-9,13-14H,5H2,1-4H3/b10-8+,11-7+,13-9?,15-12-,16-6+. The zero-order valence-electron chi connectivity index (χ0n) is 10.8. The van der Waals surface area contributed by atoms with E-state index in [9.17, 15) is 0 Å². The van der Waals surface area contributed by atoms with E-state index in [1.807, 2.05) is 20.0 Å². The van der Waals surface area contributed by atoms with Gasteiger partial charge in [-0.3, -0.25) is 5.41 Å². The van der Waals surface area contributed by atoms with Crippen LogP contribution in [0.1, 0.15) is 27.7 Å². The SMILES string of the molecule is C/C=N/O/C(C)=C/C(=N/C=N)C(/C)=C/NCC. The minimum atomic E-state index is 0.618. The van der Waals surface area contributed by atoms with E-state index in [0.717, 1.165) is 18.5 Å². The highest BCUT2D eigenvalue weighted by atomic mass is 16.6. The molecule has 0 unspecified atom stereocenters. The molecule has 0 aromatic carbocycles. The second-order valence-corrected chi connectivity index (χ2v) is 3.24. The van der Waals surface area contributed by atoms with Crippen LogP contribution in [0.25, 0.3) is 0 Å². The van der Waals surface area contributed by atoms with Crippen molar-refractivity contribution in [2.75, 3.05) is 6.54 Å². The Balaban J connectivity index is 4.87. The van der Waals surface area contributed by atoms with Crippen LogP contribution in [-0.2, 0) is 4.84 Å². The zero-order valence-corrected chi connectivity index (χ0v) is 10.8. The van der Waals surface area contributed by atoms with Gasteiger partial charge < -0.3 is 10.2 Å². The number of hydrogen-bond acceptors (Lipinski definition) is 4. The Morgan fingerprint density at radius 2 is 2.12 bits per heavy atom. The van der Waals surface area contributed by atoms with Crippen LogP contribution >= 0.6 is 0 Å². The average molecular weight is 236 g/mol. The summed E-state index contributed by atoms with van der Waals surface area (Å²) in [5.74, 6) is 0.618. The molecule has 0 spiro atoms. The van der Waals surface area contributed by atoms with Gasteiger partial charge in [-0.15, -0.1) is 0 Å². The highest BCUT2D eigenvalue weighted by Gasteiger charge is 2.00. The van der Waals surface area contributed by atoms with Crippen molar-refractivity contribution in [3.05, 3.63) is 23.6 Å². The molecule has 0 atom stereocenters. The van der Waals surface area contributed by atoms with Crippen molar-refractivity contribution in [3.8, 4) is 0 Å². The Kier molecular flexibility index (Phi) is 8.28. The van der Waals surface area contributed by atoms with E-state index < -0.39 is 0 Å². The Labute approximate surface area is 102 Å². The van der Waals surface area contributed by atoms with E-state index in [-0.39, 0.29) is 0 Å². The quantitative estimate of drug-likeness (QED) is 0.308. The molecule has 0 amide bonds. The number of allylic oxidation sites excluding steroid dienone is 3. The molecule has 0 rings (SSSR count). The first-order valence-electron chi connectivity index (χ1n) is 5.46. The smallest absolute Gasteiger partial charge is 0.134 e. The summed E-state index contributed by atoms with van der Waals surface area (Å²) >= 11 is 0. The lowest BCUT2D eigenvalue weighted by Gasteiger charge is -2.03. The van der Waals surface area contributed by atoms with Crippen molar-refractivity contribution < 1.29 is 4.84 Å². The molecule has 0 aliphatic rings. The first kappa shape index (κ1) is 15.1. The minimum Gasteiger partial charge on any atom is -0.391 e. The lowest BCUT2D eigenvalue weighted by molar-refractivity contribution is 0.232. The molecule has 0 aliphatic carbocycles. The molecule has 94 valence electrons. The van der Waals surface area contributed by atoms with Gasteiger partial charge >= 0.3 is 0 Å². The molecule has 0 bridgehead atoms. The van der Waals surface area contributed by atoms with Gasteiger partial charge in [-0.25, -0.2) is 4.99 Å². The van der Waals surface area contributed by atoms with Gasteiger partial charge in [0.1, 0.15) is 12.1 Å². The molecule has 0 aliphatic heterocycles. The average Bonchev–Trinajstić information content (AvgIpc) is 2.32. The Bertz CT molecular complexity index is 354. The third-order valence-corrected chi connectivity index (χ3v) is 1.77. The van der Waals surface area contributed by atoms with Crippen molar-refractivity contribution in [3.63, 3.8) is 0 Å². The molecule has 0 radical (unpaired) electrons. The molecule has 0 fully saturated rings. The summed E-state index contributed by atoms with van der Waals surface area (Å²) in [6.45, 7) is 8.33. The van der Waals surface area contributed by atoms with Crippen LogP contribution in [0.2, 0.25) is 0 Å². The fourth-order valence-corrected chi connectivity index (χ4v) is 1.01. The van der Waals surface area contributed by atoms with Gasteiger partial charge in [-0.2, -0.15) is 0 Å². The highest BCUT2D eigenvalue weighted by Crippen LogP contribution is 2.03. The van der Waals surface area contributed by atoms with E-state index in [4.69, 9.17) is 10.2 Å². The molecule has 0 saturated heterocycles. The van der Waals surface area contributed by atoms with E-state index >= 15 is 0 Å². The fraction of sp³-hybridized carbons (Fsp3) is 0.417. The molecule has 5 heteroatoms. The van der Waals surface area contributed by atoms with Crippen LogP contribution in [0.5, 0.6) is 0 Å². The summed E-state index contributed by atoms with van der Waals surface area (Å²) in [4.78, 5) is 9.02. The topological polar surface area (TPSA) is 69.8 Å². The molecule has 0 aromatic rings. The largest absolute Gasteiger partial charge is 0.391 e. The summed E-state index contributed by atoms with van der Waals surface area (Å²) in [5, 5.41) is 13.8. The molecule has 17 heavy (non-hydrogen) atoms. The highest BCUT2D eigenvalue weighted by molar-refractivity contribution is 6.10. The third kappa shape index (κ3) is 7.05. The number of hydrogen-bond donors (Lipinski definition) is 2. The van der Waals surface area contributed by atoms with E-state index in [2.05, 4.69) is 15.5 Å². The number of oxime groups is 1. The summed E-state index contributed by atoms with van der Waals surface area (Å²) in [5.41, 5.74) is 1.60. The molecule has 5 nitrogen and oxygen atoms in total. The molecular weight excluding hydrogens is 216 g/mol. The van der Waals surface area contributed by atoms with Crippen LogP contribution < -0.4 is 5.32 Å². The predicted molar refractivity (Wildman–Crippen MR) is 72.7 cm³/mol. The van der Waals surface area contributed by atoms with Crippen molar-refractivity contribution in [1.29, 1.82) is 5.41 Å². The Morgan fingerprint density at radius 1 is 1.41 bits per heavy atom. The van der Waals surface area contributed by atoms with Gasteiger partial charge in [0.05, 0.1) is 5.71 Å². The van der Waals surface area contributed by atoms with Crippen LogP contribution in [0.4, 0.5) is 0 Å². The monoisotopic (exact) mass is 236 g/mol. The lowest BCUT2D eigenvalue weighted by atomic mass is 10.2. The second-order valence-electron chi connectivity index (χ2n) is 3.24. The molecule has 0 heterocycles. The number of nitrogens with zero attached hydrogens (tertiary/aromatic N) is 2. The third-order valence-electron chi connectivity index (χ3n) is 1.77. The summed E-state index contributed by atoms with van der Waals surface area (Å²) in [6, 6.07) is 0. The van der Waals surface area contributed by atoms with Gasteiger partial charge in [0.25, 0.3) is 0 Å². The van der Waals surface area contributed by atoms with Crippen LogP contribution in [-0.4, -0.2) is 24.8 Å². The van der Waals surface area contributed by atoms with Gasteiger partial charge in [0, 0.05) is 25.0 Å².